The van der Waals surface area contributed by atoms with Gasteiger partial charge in [-0.3, -0.25) is 14.2 Å². The van der Waals surface area contributed by atoms with Crippen LogP contribution in [0.15, 0.2) is 35.1 Å². The highest BCUT2D eigenvalue weighted by atomic mass is 16.5. The molecule has 1 unspecified atom stereocenters. The highest BCUT2D eigenvalue weighted by Gasteiger charge is 2.27. The largest absolute Gasteiger partial charge is 0.383 e. The molecule has 0 aliphatic carbocycles. The van der Waals surface area contributed by atoms with E-state index < -0.39 is 11.5 Å². The van der Waals surface area contributed by atoms with E-state index in [4.69, 9.17) is 4.74 Å². The third-order valence-corrected chi connectivity index (χ3v) is 3.79. The first kappa shape index (κ1) is 16.1. The van der Waals surface area contributed by atoms with Crippen molar-refractivity contribution in [1.82, 2.24) is 20.1 Å². The lowest BCUT2D eigenvalue weighted by Crippen LogP contribution is -2.40. The topological polar surface area (TPSA) is 89.3 Å². The van der Waals surface area contributed by atoms with Crippen molar-refractivity contribution in [1.29, 1.82) is 0 Å². The maximum atomic E-state index is 12.6. The molecule has 1 aromatic heterocycles. The van der Waals surface area contributed by atoms with Gasteiger partial charge in [-0.2, -0.15) is 0 Å². The number of fused-ring (bicyclic) bond motifs is 1. The Morgan fingerprint density at radius 1 is 1.29 bits per heavy atom. The molecular weight excluding hydrogens is 310 g/mol. The molecular formula is C16H19N5O3. The molecule has 1 aromatic carbocycles. The zero-order valence-corrected chi connectivity index (χ0v) is 13.6. The minimum Gasteiger partial charge on any atom is -0.383 e. The van der Waals surface area contributed by atoms with Gasteiger partial charge in [-0.15, -0.1) is 10.2 Å². The maximum Gasteiger partial charge on any atom is 0.286 e. The molecule has 0 saturated heterocycles. The van der Waals surface area contributed by atoms with E-state index in [1.165, 1.54) is 4.57 Å². The molecule has 0 radical (unpaired) electrons. The number of ether oxygens (including phenoxy) is 1. The number of nitrogens with zero attached hydrogens (tertiary/aromatic N) is 4. The molecule has 2 heterocycles. The SMILES string of the molecule is COCC(C)NC(=O)c1nnc2n(c1=O)CCN2c1ccccc1. The first-order valence-electron chi connectivity index (χ1n) is 7.71. The van der Waals surface area contributed by atoms with Gasteiger partial charge in [0.2, 0.25) is 11.6 Å². The number of nitrogens with one attached hydrogen (secondary N) is 1. The average molecular weight is 329 g/mol. The maximum absolute atomic E-state index is 12.6. The quantitative estimate of drug-likeness (QED) is 0.862. The van der Waals surface area contributed by atoms with Crippen molar-refractivity contribution in [3.05, 3.63) is 46.4 Å². The predicted octanol–water partition coefficient (Wildman–Crippen LogP) is 0.555. The van der Waals surface area contributed by atoms with E-state index >= 15 is 0 Å². The van der Waals surface area contributed by atoms with Crippen molar-refractivity contribution in [3.8, 4) is 0 Å². The van der Waals surface area contributed by atoms with Crippen LogP contribution in [0.5, 0.6) is 0 Å². The Morgan fingerprint density at radius 3 is 2.75 bits per heavy atom. The average Bonchev–Trinajstić information content (AvgIpc) is 3.01. The molecule has 1 aliphatic heterocycles. The smallest absolute Gasteiger partial charge is 0.286 e. The van der Waals surface area contributed by atoms with Crippen molar-refractivity contribution in [2.75, 3.05) is 25.2 Å². The van der Waals surface area contributed by atoms with Gasteiger partial charge in [-0.1, -0.05) is 18.2 Å². The number of anilines is 2. The number of carbonyl (C=O) groups is 1. The second kappa shape index (κ2) is 6.79. The van der Waals surface area contributed by atoms with Crippen LogP contribution in [0.4, 0.5) is 11.6 Å². The highest BCUT2D eigenvalue weighted by molar-refractivity contribution is 5.92. The van der Waals surface area contributed by atoms with E-state index in [2.05, 4.69) is 15.5 Å². The van der Waals surface area contributed by atoms with Gasteiger partial charge < -0.3 is 15.0 Å². The fourth-order valence-corrected chi connectivity index (χ4v) is 2.69. The van der Waals surface area contributed by atoms with Crippen LogP contribution in [-0.2, 0) is 11.3 Å². The van der Waals surface area contributed by atoms with Gasteiger partial charge in [0.25, 0.3) is 11.5 Å². The van der Waals surface area contributed by atoms with Crippen LogP contribution in [0.25, 0.3) is 0 Å². The van der Waals surface area contributed by atoms with Gasteiger partial charge in [0, 0.05) is 31.9 Å². The van der Waals surface area contributed by atoms with Crippen LogP contribution in [-0.4, -0.2) is 47.0 Å². The number of methoxy groups -OCH3 is 1. The van der Waals surface area contributed by atoms with E-state index in [9.17, 15) is 9.59 Å². The molecule has 0 bridgehead atoms. The number of aromatic nitrogens is 3. The standard InChI is InChI=1S/C16H19N5O3/c1-11(10-24-2)17-14(22)13-15(23)21-9-8-20(16(21)19-18-13)12-6-4-3-5-7-12/h3-7,11H,8-10H2,1-2H3,(H,17,22). The minimum absolute atomic E-state index is 0.198. The van der Waals surface area contributed by atoms with Gasteiger partial charge in [-0.05, 0) is 19.1 Å². The molecule has 1 aliphatic rings. The van der Waals surface area contributed by atoms with E-state index in [0.717, 1.165) is 5.69 Å². The lowest BCUT2D eigenvalue weighted by Gasteiger charge is -2.16. The predicted molar refractivity (Wildman–Crippen MR) is 88.5 cm³/mol. The van der Waals surface area contributed by atoms with Crippen LogP contribution >= 0.6 is 0 Å². The number of hydrogen-bond donors (Lipinski definition) is 1. The van der Waals surface area contributed by atoms with Gasteiger partial charge in [0.15, 0.2) is 0 Å². The zero-order chi connectivity index (χ0) is 17.1. The Balaban J connectivity index is 1.88. The second-order valence-corrected chi connectivity index (χ2v) is 5.62. The lowest BCUT2D eigenvalue weighted by atomic mass is 10.3. The normalized spacial score (nSPS) is 14.3. The fraction of sp³-hybridized carbons (Fsp3) is 0.375. The third kappa shape index (κ3) is 3.00. The molecule has 0 fully saturated rings. The van der Waals surface area contributed by atoms with Gasteiger partial charge in [0.05, 0.1) is 6.61 Å². The van der Waals surface area contributed by atoms with Crippen molar-refractivity contribution in [2.24, 2.45) is 0 Å². The van der Waals surface area contributed by atoms with Gasteiger partial charge in [-0.25, -0.2) is 0 Å². The Bertz CT molecular complexity index is 790. The number of benzene rings is 1. The molecule has 1 atom stereocenters. The lowest BCUT2D eigenvalue weighted by molar-refractivity contribution is 0.0897. The number of amides is 1. The zero-order valence-electron chi connectivity index (χ0n) is 13.6. The third-order valence-electron chi connectivity index (χ3n) is 3.79. The van der Waals surface area contributed by atoms with Crippen LogP contribution in [0, 0.1) is 0 Å². The Kier molecular flexibility index (Phi) is 4.57. The summed E-state index contributed by atoms with van der Waals surface area (Å²) in [5.74, 6) is -0.0850. The molecule has 3 rings (SSSR count). The van der Waals surface area contributed by atoms with E-state index in [1.807, 2.05) is 35.2 Å². The fourth-order valence-electron chi connectivity index (χ4n) is 2.69. The summed E-state index contributed by atoms with van der Waals surface area (Å²) in [6.45, 7) is 3.22. The Hall–Kier alpha value is -2.74. The Morgan fingerprint density at radius 2 is 2.04 bits per heavy atom. The monoisotopic (exact) mass is 329 g/mol. The first-order chi connectivity index (χ1) is 11.6. The summed E-state index contributed by atoms with van der Waals surface area (Å²) in [7, 11) is 1.55. The molecule has 24 heavy (non-hydrogen) atoms. The van der Waals surface area contributed by atoms with Crippen LogP contribution in [0.3, 0.4) is 0 Å². The molecule has 1 amide bonds. The molecule has 0 saturated carbocycles. The number of carbonyl (C=O) groups excluding carboxylic acids is 1. The van der Waals surface area contributed by atoms with Gasteiger partial charge >= 0.3 is 0 Å². The van der Waals surface area contributed by atoms with E-state index in [1.54, 1.807) is 14.0 Å². The van der Waals surface area contributed by atoms with Crippen molar-refractivity contribution < 1.29 is 9.53 Å². The minimum atomic E-state index is -0.537. The molecule has 0 spiro atoms. The van der Waals surface area contributed by atoms with E-state index in [-0.39, 0.29) is 11.7 Å². The summed E-state index contributed by atoms with van der Waals surface area (Å²) in [6, 6.07) is 9.42. The molecule has 1 N–H and O–H groups in total. The highest BCUT2D eigenvalue weighted by Crippen LogP contribution is 2.25. The van der Waals surface area contributed by atoms with Crippen LogP contribution in [0.1, 0.15) is 17.4 Å². The summed E-state index contributed by atoms with van der Waals surface area (Å²) in [5.41, 5.74) is 0.306. The first-order valence-corrected chi connectivity index (χ1v) is 7.71. The van der Waals surface area contributed by atoms with Crippen LogP contribution in [0.2, 0.25) is 0 Å². The summed E-state index contributed by atoms with van der Waals surface area (Å²) in [5, 5.41) is 10.6. The summed E-state index contributed by atoms with van der Waals surface area (Å²) < 4.78 is 6.45. The molecule has 126 valence electrons. The molecule has 8 nitrogen and oxygen atoms in total. The summed E-state index contributed by atoms with van der Waals surface area (Å²) in [4.78, 5) is 26.7. The Labute approximate surface area is 139 Å². The second-order valence-electron chi connectivity index (χ2n) is 5.62. The van der Waals surface area contributed by atoms with Gasteiger partial charge in [0.1, 0.15) is 0 Å². The van der Waals surface area contributed by atoms with Crippen molar-refractivity contribution in [2.45, 2.75) is 19.5 Å². The summed E-state index contributed by atoms with van der Waals surface area (Å²) >= 11 is 0. The van der Waals surface area contributed by atoms with Crippen molar-refractivity contribution >= 4 is 17.5 Å². The number of para-hydroxylation sites is 1. The molecule has 8 heteroatoms. The number of rotatable bonds is 5. The van der Waals surface area contributed by atoms with Crippen molar-refractivity contribution in [3.63, 3.8) is 0 Å². The van der Waals surface area contributed by atoms with Crippen LogP contribution < -0.4 is 15.8 Å². The number of hydrogen-bond acceptors (Lipinski definition) is 6. The summed E-state index contributed by atoms with van der Waals surface area (Å²) in [6.07, 6.45) is 0. The van der Waals surface area contributed by atoms with E-state index in [0.29, 0.717) is 25.6 Å². The molecule has 2 aromatic rings.